The summed E-state index contributed by atoms with van der Waals surface area (Å²) in [5, 5.41) is 10.4. The van der Waals surface area contributed by atoms with E-state index in [0.29, 0.717) is 5.56 Å². The Morgan fingerprint density at radius 1 is 1.05 bits per heavy atom. The van der Waals surface area contributed by atoms with Gasteiger partial charge in [0, 0.05) is 12.1 Å². The van der Waals surface area contributed by atoms with Gasteiger partial charge in [0.15, 0.2) is 0 Å². The third kappa shape index (κ3) is 4.20. The average molecular weight is 307 g/mol. The number of rotatable bonds is 2. The lowest BCUT2D eigenvalue weighted by Crippen LogP contribution is -1.90. The number of nitrogens with zero attached hydrogens (tertiary/aromatic N) is 2. The number of nitro groups is 1. The van der Waals surface area contributed by atoms with E-state index in [4.69, 9.17) is 4.84 Å². The molecule has 1 atom stereocenters. The van der Waals surface area contributed by atoms with Gasteiger partial charge < -0.3 is 0 Å². The van der Waals surface area contributed by atoms with E-state index in [2.05, 4.69) is 0 Å². The van der Waals surface area contributed by atoms with Crippen molar-refractivity contribution in [3.63, 3.8) is 0 Å². The molecule has 3 rings (SSSR count). The molecule has 21 heavy (non-hydrogen) atoms. The Balaban J connectivity index is 0.000000225. The topological polar surface area (TPSA) is 92.8 Å². The van der Waals surface area contributed by atoms with Crippen molar-refractivity contribution in [2.24, 2.45) is 0 Å². The van der Waals surface area contributed by atoms with Crippen LogP contribution in [0.15, 0.2) is 60.7 Å². The first-order valence-corrected chi connectivity index (χ1v) is 6.92. The fraction of sp³-hybridized carbons (Fsp3) is 0.0769. The van der Waals surface area contributed by atoms with Crippen LogP contribution in [-0.4, -0.2) is 17.5 Å². The molecule has 1 heterocycles. The van der Waals surface area contributed by atoms with E-state index in [1.165, 1.54) is 18.2 Å². The van der Waals surface area contributed by atoms with Crippen LogP contribution in [0.4, 0.5) is 5.69 Å². The van der Waals surface area contributed by atoms with Crippen molar-refractivity contribution in [2.45, 2.75) is 6.23 Å². The molecule has 0 spiro atoms. The summed E-state index contributed by atoms with van der Waals surface area (Å²) < 4.78 is 21.6. The van der Waals surface area contributed by atoms with Crippen molar-refractivity contribution < 1.29 is 22.3 Å². The lowest BCUT2D eigenvalue weighted by atomic mass is 10.2. The SMILES string of the molecule is O=[N+]([O-])c1cccc(C2O[N+]2=S(=O)=O)c1.c1ccccc1. The third-order valence-corrected chi connectivity index (χ3v) is 3.10. The molecule has 1 unspecified atom stereocenters. The van der Waals surface area contributed by atoms with Gasteiger partial charge in [-0.1, -0.05) is 42.5 Å². The molecule has 0 N–H and O–H groups in total. The highest BCUT2D eigenvalue weighted by molar-refractivity contribution is 7.58. The van der Waals surface area contributed by atoms with E-state index in [1.54, 1.807) is 6.07 Å². The molecule has 1 aliphatic rings. The van der Waals surface area contributed by atoms with Gasteiger partial charge in [-0.15, -0.1) is 8.42 Å². The van der Waals surface area contributed by atoms with E-state index in [9.17, 15) is 18.5 Å². The lowest BCUT2D eigenvalue weighted by Gasteiger charge is -1.90. The normalized spacial score (nSPS) is 15.6. The first-order valence-electron chi connectivity index (χ1n) is 5.89. The lowest BCUT2D eigenvalue weighted by molar-refractivity contribution is -0.503. The van der Waals surface area contributed by atoms with Gasteiger partial charge in [-0.3, -0.25) is 10.1 Å². The highest BCUT2D eigenvalue weighted by atomic mass is 32.2. The predicted octanol–water partition coefficient (Wildman–Crippen LogP) is 2.30. The van der Waals surface area contributed by atoms with Crippen LogP contribution in [0.5, 0.6) is 0 Å². The molecule has 0 aromatic heterocycles. The summed E-state index contributed by atoms with van der Waals surface area (Å²) in [5.41, 5.74) is 0.341. The van der Waals surface area contributed by atoms with Gasteiger partial charge in [0.05, 0.1) is 10.5 Å². The van der Waals surface area contributed by atoms with Gasteiger partial charge in [0.1, 0.15) is 4.11 Å². The highest BCUT2D eigenvalue weighted by Crippen LogP contribution is 2.33. The van der Waals surface area contributed by atoms with Crippen LogP contribution in [0.1, 0.15) is 11.8 Å². The van der Waals surface area contributed by atoms with E-state index in [-0.39, 0.29) is 5.69 Å². The Kier molecular flexibility index (Phi) is 4.75. The second kappa shape index (κ2) is 6.73. The van der Waals surface area contributed by atoms with E-state index >= 15 is 0 Å². The molecule has 0 bridgehead atoms. The molecule has 2 aromatic rings. The zero-order chi connectivity index (χ0) is 15.2. The Hall–Kier alpha value is -2.58. The first kappa shape index (κ1) is 14.8. The van der Waals surface area contributed by atoms with E-state index in [1.807, 2.05) is 36.4 Å². The summed E-state index contributed by atoms with van der Waals surface area (Å²) in [7, 11) is -2.46. The average Bonchev–Trinajstić information content (AvgIpc) is 3.30. The summed E-state index contributed by atoms with van der Waals surface area (Å²) in [4.78, 5) is 14.6. The molecule has 1 saturated heterocycles. The van der Waals surface area contributed by atoms with Gasteiger partial charge in [-0.2, -0.15) is 0 Å². The van der Waals surface area contributed by atoms with Crippen molar-refractivity contribution in [3.05, 3.63) is 76.3 Å². The number of non-ortho nitro benzene ring substituents is 1. The summed E-state index contributed by atoms with van der Waals surface area (Å²) >= 11 is 0. The maximum Gasteiger partial charge on any atom is 0.502 e. The third-order valence-electron chi connectivity index (χ3n) is 2.53. The molecule has 1 fully saturated rings. The summed E-state index contributed by atoms with van der Waals surface area (Å²) in [6.07, 6.45) is -0.733. The van der Waals surface area contributed by atoms with Crippen molar-refractivity contribution in [2.75, 3.05) is 0 Å². The molecular formula is C13H11N2O5S+. The molecule has 0 radical (unpaired) electrons. The summed E-state index contributed by atoms with van der Waals surface area (Å²) in [6.45, 7) is 0. The quantitative estimate of drug-likeness (QED) is 0.367. The molecule has 0 amide bonds. The molecule has 7 nitrogen and oxygen atoms in total. The monoisotopic (exact) mass is 307 g/mol. The first-order chi connectivity index (χ1) is 10.1. The zero-order valence-electron chi connectivity index (χ0n) is 10.7. The van der Waals surface area contributed by atoms with Gasteiger partial charge in [-0.25, -0.2) is 0 Å². The van der Waals surface area contributed by atoms with Crippen LogP contribution in [0.2, 0.25) is 0 Å². The second-order valence-corrected chi connectivity index (χ2v) is 4.76. The minimum Gasteiger partial charge on any atom is -0.258 e. The minimum atomic E-state index is -2.46. The fourth-order valence-corrected chi connectivity index (χ4v) is 1.97. The van der Waals surface area contributed by atoms with Gasteiger partial charge in [0.25, 0.3) is 5.69 Å². The Morgan fingerprint density at radius 3 is 2.05 bits per heavy atom. The smallest absolute Gasteiger partial charge is 0.258 e. The number of nitro benzene ring substituents is 1. The maximum atomic E-state index is 10.4. The Labute approximate surface area is 121 Å². The summed E-state index contributed by atoms with van der Waals surface area (Å²) in [5.74, 6) is 0. The van der Waals surface area contributed by atoms with E-state index in [0.717, 1.165) is 4.11 Å². The predicted molar refractivity (Wildman–Crippen MR) is 72.5 cm³/mol. The van der Waals surface area contributed by atoms with Crippen molar-refractivity contribution >= 4 is 16.2 Å². The highest BCUT2D eigenvalue weighted by Gasteiger charge is 2.51. The van der Waals surface area contributed by atoms with Crippen molar-refractivity contribution in [1.29, 1.82) is 0 Å². The minimum absolute atomic E-state index is 0.0976. The van der Waals surface area contributed by atoms with Crippen molar-refractivity contribution in [1.82, 2.24) is 0 Å². The van der Waals surface area contributed by atoms with Gasteiger partial charge >= 0.3 is 16.7 Å². The van der Waals surface area contributed by atoms with Crippen LogP contribution in [0.25, 0.3) is 0 Å². The molecule has 108 valence electrons. The number of hydrogen-bond acceptors (Lipinski definition) is 5. The van der Waals surface area contributed by atoms with Gasteiger partial charge in [0.2, 0.25) is 0 Å². The van der Waals surface area contributed by atoms with Crippen LogP contribution in [0, 0.1) is 10.1 Å². The van der Waals surface area contributed by atoms with E-state index < -0.39 is 21.7 Å². The van der Waals surface area contributed by atoms with Crippen LogP contribution in [0.3, 0.4) is 0 Å². The van der Waals surface area contributed by atoms with Gasteiger partial charge in [-0.05, 0) is 10.9 Å². The molecule has 8 heteroatoms. The van der Waals surface area contributed by atoms with Crippen LogP contribution in [-0.2, 0) is 15.3 Å². The van der Waals surface area contributed by atoms with Crippen LogP contribution < -0.4 is 0 Å². The molecule has 0 saturated carbocycles. The molecule has 2 aromatic carbocycles. The second-order valence-electron chi connectivity index (χ2n) is 3.97. The molecular weight excluding hydrogens is 296 g/mol. The number of hydrogen-bond donors (Lipinski definition) is 0. The van der Waals surface area contributed by atoms with Crippen molar-refractivity contribution in [3.8, 4) is 0 Å². The Bertz CT molecular complexity index is 739. The summed E-state index contributed by atoms with van der Waals surface area (Å²) in [6, 6.07) is 17.6. The molecule has 0 aliphatic carbocycles. The largest absolute Gasteiger partial charge is 0.502 e. The van der Waals surface area contributed by atoms with Crippen LogP contribution >= 0.6 is 0 Å². The number of hydroxylamine groups is 1. The molecule has 1 aliphatic heterocycles. The standard InChI is InChI=1S/C7H5N2O5S.C6H6/c10-8(11)6-3-1-2-5(4-6)7-9(14-7)15(12)13;1-2-4-6-5-3-1/h1-4,7H;1-6H/q+1;. The Morgan fingerprint density at radius 2 is 1.62 bits per heavy atom. The number of benzene rings is 2. The maximum absolute atomic E-state index is 10.4. The zero-order valence-corrected chi connectivity index (χ0v) is 11.5. The fourth-order valence-electron chi connectivity index (χ4n) is 1.54.